The van der Waals surface area contributed by atoms with Crippen LogP contribution in [0.5, 0.6) is 0 Å². The summed E-state index contributed by atoms with van der Waals surface area (Å²) in [6.45, 7) is 5.78. The summed E-state index contributed by atoms with van der Waals surface area (Å²) in [5.41, 5.74) is 4.77. The fourth-order valence-corrected chi connectivity index (χ4v) is 3.92. The minimum absolute atomic E-state index is 0.275. The topological polar surface area (TPSA) is 12.0 Å². The zero-order chi connectivity index (χ0) is 14.2. The molecule has 0 amide bonds. The quantitative estimate of drug-likeness (QED) is 0.765. The minimum Gasteiger partial charge on any atom is -0.309 e. The molecule has 0 saturated heterocycles. The van der Waals surface area contributed by atoms with Gasteiger partial charge in [0.1, 0.15) is 0 Å². The van der Waals surface area contributed by atoms with Crippen LogP contribution in [0.4, 0.5) is 0 Å². The second kappa shape index (κ2) is 5.54. The van der Waals surface area contributed by atoms with E-state index in [0.29, 0.717) is 6.04 Å². The summed E-state index contributed by atoms with van der Waals surface area (Å²) in [6, 6.07) is 6.79. The molecule has 0 bridgehead atoms. The molecule has 1 N–H and O–H groups in total. The first-order valence-corrected chi connectivity index (χ1v) is 8.14. The van der Waals surface area contributed by atoms with Crippen molar-refractivity contribution in [3.8, 4) is 0 Å². The van der Waals surface area contributed by atoms with Gasteiger partial charge in [0.2, 0.25) is 0 Å². The van der Waals surface area contributed by atoms with Gasteiger partial charge in [-0.1, -0.05) is 43.2 Å². The molecule has 108 valence electrons. The highest BCUT2D eigenvalue weighted by molar-refractivity contribution is 6.30. The molecule has 0 radical (unpaired) electrons. The van der Waals surface area contributed by atoms with Crippen LogP contribution in [-0.4, -0.2) is 6.54 Å². The summed E-state index contributed by atoms with van der Waals surface area (Å²) in [4.78, 5) is 0. The largest absolute Gasteiger partial charge is 0.309 e. The fraction of sp³-hybridized carbons (Fsp3) is 0.556. The molecule has 0 fully saturated rings. The lowest BCUT2D eigenvalue weighted by atomic mass is 9.85. The predicted octanol–water partition coefficient (Wildman–Crippen LogP) is 5.05. The molecular formula is C18H24ClN. The van der Waals surface area contributed by atoms with E-state index in [1.807, 2.05) is 6.07 Å². The van der Waals surface area contributed by atoms with Crippen LogP contribution in [0.3, 0.4) is 0 Å². The Morgan fingerprint density at radius 3 is 2.95 bits per heavy atom. The molecular weight excluding hydrogens is 266 g/mol. The van der Waals surface area contributed by atoms with Crippen LogP contribution >= 0.6 is 11.6 Å². The van der Waals surface area contributed by atoms with Crippen LogP contribution in [0.2, 0.25) is 5.02 Å². The molecule has 0 saturated carbocycles. The molecule has 2 aliphatic rings. The molecule has 2 heteroatoms. The third-order valence-corrected chi connectivity index (χ3v) is 5.01. The molecule has 0 heterocycles. The van der Waals surface area contributed by atoms with Gasteiger partial charge in [-0.15, -0.1) is 0 Å². The molecule has 1 nitrogen and oxygen atoms in total. The highest BCUT2D eigenvalue weighted by atomic mass is 35.5. The maximum absolute atomic E-state index is 6.18. The van der Waals surface area contributed by atoms with Crippen LogP contribution in [0.15, 0.2) is 29.8 Å². The first kappa shape index (κ1) is 14.2. The van der Waals surface area contributed by atoms with E-state index in [4.69, 9.17) is 11.6 Å². The number of allylic oxidation sites excluding steroid dienone is 1. The Morgan fingerprint density at radius 2 is 2.20 bits per heavy atom. The maximum atomic E-state index is 6.18. The molecule has 1 aromatic rings. The number of hydrogen-bond donors (Lipinski definition) is 1. The van der Waals surface area contributed by atoms with Gasteiger partial charge in [-0.2, -0.15) is 0 Å². The van der Waals surface area contributed by atoms with Crippen LogP contribution < -0.4 is 5.32 Å². The van der Waals surface area contributed by atoms with E-state index >= 15 is 0 Å². The average Bonchev–Trinajstić information content (AvgIpc) is 2.97. The van der Waals surface area contributed by atoms with E-state index in [0.717, 1.165) is 18.0 Å². The number of benzene rings is 1. The van der Waals surface area contributed by atoms with Gasteiger partial charge < -0.3 is 5.32 Å². The van der Waals surface area contributed by atoms with E-state index in [2.05, 4.69) is 37.4 Å². The first-order valence-electron chi connectivity index (χ1n) is 7.76. The van der Waals surface area contributed by atoms with Gasteiger partial charge in [0.05, 0.1) is 0 Å². The summed E-state index contributed by atoms with van der Waals surface area (Å²) in [5.74, 6) is 0. The Labute approximate surface area is 127 Å². The number of hydrogen-bond acceptors (Lipinski definition) is 1. The van der Waals surface area contributed by atoms with Crippen LogP contribution in [-0.2, 0) is 6.42 Å². The summed E-state index contributed by atoms with van der Waals surface area (Å²) in [7, 11) is 0. The lowest BCUT2D eigenvalue weighted by molar-refractivity contribution is 0.270. The molecule has 1 unspecified atom stereocenters. The molecule has 0 aliphatic heterocycles. The fourth-order valence-electron chi connectivity index (χ4n) is 3.74. The number of rotatable bonds is 4. The molecule has 3 rings (SSSR count). The van der Waals surface area contributed by atoms with Crippen molar-refractivity contribution in [1.82, 2.24) is 5.32 Å². The standard InChI is InChI=1S/C18H24ClN/c1-18(2)12-14-7-8-15(19)11-16(14)17(18)20-10-9-13-5-3-4-6-13/h5,7-8,11,17,20H,3-4,6,9-10,12H2,1-2H3. The zero-order valence-electron chi connectivity index (χ0n) is 12.5. The predicted molar refractivity (Wildman–Crippen MR) is 86.2 cm³/mol. The van der Waals surface area contributed by atoms with Gasteiger partial charge >= 0.3 is 0 Å². The van der Waals surface area contributed by atoms with Crippen molar-refractivity contribution in [3.63, 3.8) is 0 Å². The molecule has 0 spiro atoms. The second-order valence-electron chi connectivity index (χ2n) is 6.90. The van der Waals surface area contributed by atoms with Gasteiger partial charge in [0.25, 0.3) is 0 Å². The Kier molecular flexibility index (Phi) is 3.92. The summed E-state index contributed by atoms with van der Waals surface area (Å²) in [5, 5.41) is 4.64. The summed E-state index contributed by atoms with van der Waals surface area (Å²) >= 11 is 6.18. The SMILES string of the molecule is CC1(C)Cc2ccc(Cl)cc2C1NCCC1=CCCC1. The number of fused-ring (bicyclic) bond motifs is 1. The summed E-state index contributed by atoms with van der Waals surface area (Å²) < 4.78 is 0. The monoisotopic (exact) mass is 289 g/mol. The van der Waals surface area contributed by atoms with Crippen LogP contribution in [0, 0.1) is 5.41 Å². The van der Waals surface area contributed by atoms with Crippen molar-refractivity contribution in [2.45, 2.75) is 52.0 Å². The second-order valence-corrected chi connectivity index (χ2v) is 7.34. The minimum atomic E-state index is 0.275. The highest BCUT2D eigenvalue weighted by Gasteiger charge is 2.38. The normalized spacial score (nSPS) is 23.8. The summed E-state index contributed by atoms with van der Waals surface area (Å²) in [6.07, 6.45) is 8.69. The molecule has 20 heavy (non-hydrogen) atoms. The molecule has 0 aromatic heterocycles. The smallest absolute Gasteiger partial charge is 0.0409 e. The van der Waals surface area contributed by atoms with Crippen molar-refractivity contribution < 1.29 is 0 Å². The number of halogens is 1. The average molecular weight is 290 g/mol. The van der Waals surface area contributed by atoms with Crippen molar-refractivity contribution in [1.29, 1.82) is 0 Å². The highest BCUT2D eigenvalue weighted by Crippen LogP contribution is 2.45. The Hall–Kier alpha value is -0.790. The Bertz CT molecular complexity index is 530. The van der Waals surface area contributed by atoms with Crippen molar-refractivity contribution >= 4 is 11.6 Å². The Morgan fingerprint density at radius 1 is 1.35 bits per heavy atom. The first-order chi connectivity index (χ1) is 9.56. The van der Waals surface area contributed by atoms with Gasteiger partial charge in [0.15, 0.2) is 0 Å². The molecule has 1 aromatic carbocycles. The van der Waals surface area contributed by atoms with Gasteiger partial charge in [-0.05, 0) is 67.3 Å². The van der Waals surface area contributed by atoms with Crippen LogP contribution in [0.1, 0.15) is 56.7 Å². The third-order valence-electron chi connectivity index (χ3n) is 4.78. The van der Waals surface area contributed by atoms with Crippen molar-refractivity contribution in [2.24, 2.45) is 5.41 Å². The van der Waals surface area contributed by atoms with Crippen LogP contribution in [0.25, 0.3) is 0 Å². The van der Waals surface area contributed by atoms with E-state index in [9.17, 15) is 0 Å². The zero-order valence-corrected chi connectivity index (χ0v) is 13.3. The lowest BCUT2D eigenvalue weighted by Gasteiger charge is -2.29. The van der Waals surface area contributed by atoms with Crippen molar-refractivity contribution in [3.05, 3.63) is 46.0 Å². The van der Waals surface area contributed by atoms with E-state index in [-0.39, 0.29) is 5.41 Å². The van der Waals surface area contributed by atoms with E-state index in [1.54, 1.807) is 5.57 Å². The van der Waals surface area contributed by atoms with Gasteiger partial charge in [0, 0.05) is 11.1 Å². The lowest BCUT2D eigenvalue weighted by Crippen LogP contribution is -2.31. The van der Waals surface area contributed by atoms with Gasteiger partial charge in [-0.3, -0.25) is 0 Å². The van der Waals surface area contributed by atoms with Crippen molar-refractivity contribution in [2.75, 3.05) is 6.54 Å². The number of nitrogens with one attached hydrogen (secondary N) is 1. The third kappa shape index (κ3) is 2.80. The molecule has 1 atom stereocenters. The van der Waals surface area contributed by atoms with Gasteiger partial charge in [-0.25, -0.2) is 0 Å². The van der Waals surface area contributed by atoms with E-state index in [1.165, 1.54) is 36.8 Å². The molecule has 2 aliphatic carbocycles. The van der Waals surface area contributed by atoms with E-state index < -0.39 is 0 Å². The Balaban J connectivity index is 1.69. The maximum Gasteiger partial charge on any atom is 0.0409 e.